The number of anilines is 1. The Morgan fingerprint density at radius 3 is 2.69 bits per heavy atom. The maximum Gasteiger partial charge on any atom is 0.221 e. The first kappa shape index (κ1) is 9.38. The molecule has 0 unspecified atom stereocenters. The molecule has 4 nitrogen and oxygen atoms in total. The van der Waals surface area contributed by atoms with E-state index in [1.54, 1.807) is 25.1 Å². The number of rotatable bonds is 2. The standard InChI is InChI=1S/C9H10N2O2/c1-6-3-4-8(10-7(2)12)5-9(6)11-13/h3-5H,1-2H3,(H,10,12). The van der Waals surface area contributed by atoms with E-state index in [0.717, 1.165) is 5.56 Å². The number of hydrogen-bond donors (Lipinski definition) is 1. The van der Waals surface area contributed by atoms with Crippen LogP contribution in [-0.4, -0.2) is 5.91 Å². The van der Waals surface area contributed by atoms with Crippen molar-refractivity contribution in [2.24, 2.45) is 5.18 Å². The Hall–Kier alpha value is -1.71. The van der Waals surface area contributed by atoms with E-state index in [1.165, 1.54) is 6.92 Å². The van der Waals surface area contributed by atoms with Crippen LogP contribution < -0.4 is 5.32 Å². The Bertz CT molecular complexity index is 347. The number of aryl methyl sites for hydroxylation is 1. The van der Waals surface area contributed by atoms with Gasteiger partial charge in [-0.2, -0.15) is 0 Å². The fourth-order valence-electron chi connectivity index (χ4n) is 0.989. The molecule has 13 heavy (non-hydrogen) atoms. The topological polar surface area (TPSA) is 58.5 Å². The van der Waals surface area contributed by atoms with Crippen LogP contribution in [0.4, 0.5) is 11.4 Å². The molecule has 0 saturated heterocycles. The molecule has 0 atom stereocenters. The highest BCUT2D eigenvalue weighted by atomic mass is 16.3. The highest BCUT2D eigenvalue weighted by Crippen LogP contribution is 2.22. The third kappa shape index (κ3) is 2.37. The molecule has 1 rings (SSSR count). The van der Waals surface area contributed by atoms with Crippen LogP contribution in [0.15, 0.2) is 23.4 Å². The summed E-state index contributed by atoms with van der Waals surface area (Å²) in [5, 5.41) is 5.41. The molecule has 1 aromatic carbocycles. The van der Waals surface area contributed by atoms with Gasteiger partial charge in [0.15, 0.2) is 0 Å². The molecule has 0 aromatic heterocycles. The molecule has 0 aliphatic carbocycles. The fourth-order valence-corrected chi connectivity index (χ4v) is 0.989. The summed E-state index contributed by atoms with van der Waals surface area (Å²) in [6.07, 6.45) is 0. The van der Waals surface area contributed by atoms with Gasteiger partial charge in [-0.1, -0.05) is 6.07 Å². The number of amides is 1. The van der Waals surface area contributed by atoms with E-state index >= 15 is 0 Å². The number of carbonyl (C=O) groups is 1. The van der Waals surface area contributed by atoms with Gasteiger partial charge < -0.3 is 5.32 Å². The summed E-state index contributed by atoms with van der Waals surface area (Å²) < 4.78 is 0. The second kappa shape index (κ2) is 3.80. The monoisotopic (exact) mass is 178 g/mol. The summed E-state index contributed by atoms with van der Waals surface area (Å²) in [6.45, 7) is 3.20. The number of hydrogen-bond acceptors (Lipinski definition) is 3. The number of benzene rings is 1. The van der Waals surface area contributed by atoms with E-state index in [1.807, 2.05) is 0 Å². The second-order valence-electron chi connectivity index (χ2n) is 2.77. The van der Waals surface area contributed by atoms with Crippen LogP contribution in [0.3, 0.4) is 0 Å². The van der Waals surface area contributed by atoms with Gasteiger partial charge in [-0.05, 0) is 29.8 Å². The minimum Gasteiger partial charge on any atom is -0.326 e. The van der Waals surface area contributed by atoms with E-state index in [9.17, 15) is 9.70 Å². The van der Waals surface area contributed by atoms with Gasteiger partial charge in [-0.3, -0.25) is 4.79 Å². The van der Waals surface area contributed by atoms with Crippen molar-refractivity contribution in [2.45, 2.75) is 13.8 Å². The maximum atomic E-state index is 10.7. The van der Waals surface area contributed by atoms with Crippen molar-refractivity contribution < 1.29 is 4.79 Å². The van der Waals surface area contributed by atoms with Crippen LogP contribution in [0, 0.1) is 11.8 Å². The zero-order valence-electron chi connectivity index (χ0n) is 7.50. The van der Waals surface area contributed by atoms with Gasteiger partial charge >= 0.3 is 0 Å². The normalized spacial score (nSPS) is 9.38. The Morgan fingerprint density at radius 2 is 2.15 bits per heavy atom. The molecule has 0 heterocycles. The average molecular weight is 178 g/mol. The molecule has 0 spiro atoms. The molecule has 68 valence electrons. The first-order valence-corrected chi connectivity index (χ1v) is 3.85. The second-order valence-corrected chi connectivity index (χ2v) is 2.77. The highest BCUT2D eigenvalue weighted by molar-refractivity contribution is 5.89. The molecule has 0 aliphatic rings. The molecule has 1 amide bonds. The molecule has 0 radical (unpaired) electrons. The maximum absolute atomic E-state index is 10.7. The predicted molar refractivity (Wildman–Crippen MR) is 50.9 cm³/mol. The lowest BCUT2D eigenvalue weighted by atomic mass is 10.2. The van der Waals surface area contributed by atoms with E-state index in [4.69, 9.17) is 0 Å². The van der Waals surface area contributed by atoms with Crippen LogP contribution in [0.25, 0.3) is 0 Å². The molecule has 0 fully saturated rings. The highest BCUT2D eigenvalue weighted by Gasteiger charge is 2.00. The molecule has 4 heteroatoms. The largest absolute Gasteiger partial charge is 0.326 e. The Balaban J connectivity index is 2.99. The Kier molecular flexibility index (Phi) is 2.74. The molecule has 1 aromatic rings. The van der Waals surface area contributed by atoms with Crippen molar-refractivity contribution in [1.29, 1.82) is 0 Å². The first-order chi connectivity index (χ1) is 6.13. The third-order valence-corrected chi connectivity index (χ3v) is 1.63. The van der Waals surface area contributed by atoms with Crippen molar-refractivity contribution in [1.82, 2.24) is 0 Å². The lowest BCUT2D eigenvalue weighted by molar-refractivity contribution is -0.114. The van der Waals surface area contributed by atoms with Crippen LogP contribution in [0.2, 0.25) is 0 Å². The summed E-state index contributed by atoms with van der Waals surface area (Å²) in [6, 6.07) is 5.01. The van der Waals surface area contributed by atoms with Crippen LogP contribution >= 0.6 is 0 Å². The summed E-state index contributed by atoms with van der Waals surface area (Å²) in [4.78, 5) is 21.0. The molecular weight excluding hydrogens is 168 g/mol. The summed E-state index contributed by atoms with van der Waals surface area (Å²) in [5.41, 5.74) is 1.74. The Labute approximate surface area is 75.9 Å². The van der Waals surface area contributed by atoms with Crippen LogP contribution in [0.5, 0.6) is 0 Å². The van der Waals surface area contributed by atoms with Gasteiger partial charge in [-0.15, -0.1) is 4.91 Å². The minimum absolute atomic E-state index is 0.166. The van der Waals surface area contributed by atoms with E-state index in [0.29, 0.717) is 11.4 Å². The van der Waals surface area contributed by atoms with Crippen LogP contribution in [-0.2, 0) is 4.79 Å². The number of carbonyl (C=O) groups excluding carboxylic acids is 1. The average Bonchev–Trinajstić information content (AvgIpc) is 2.07. The van der Waals surface area contributed by atoms with Gasteiger partial charge in [0.2, 0.25) is 5.91 Å². The zero-order valence-corrected chi connectivity index (χ0v) is 7.50. The van der Waals surface area contributed by atoms with Gasteiger partial charge in [0.1, 0.15) is 5.69 Å². The van der Waals surface area contributed by atoms with E-state index < -0.39 is 0 Å². The van der Waals surface area contributed by atoms with Gasteiger partial charge in [0.25, 0.3) is 0 Å². The number of nitrogens with zero attached hydrogens (tertiary/aromatic N) is 1. The molecule has 1 N–H and O–H groups in total. The van der Waals surface area contributed by atoms with Crippen molar-refractivity contribution in [2.75, 3.05) is 5.32 Å². The molecule has 0 bridgehead atoms. The predicted octanol–water partition coefficient (Wildman–Crippen LogP) is 2.35. The van der Waals surface area contributed by atoms with Crippen LogP contribution in [0.1, 0.15) is 12.5 Å². The van der Waals surface area contributed by atoms with E-state index in [-0.39, 0.29) is 5.91 Å². The lowest BCUT2D eigenvalue weighted by Crippen LogP contribution is -2.05. The SMILES string of the molecule is CC(=O)Nc1ccc(C)c(N=O)c1. The van der Waals surface area contributed by atoms with Gasteiger partial charge in [-0.25, -0.2) is 0 Å². The minimum atomic E-state index is -0.166. The van der Waals surface area contributed by atoms with Crippen molar-refractivity contribution in [3.05, 3.63) is 28.7 Å². The zero-order chi connectivity index (χ0) is 9.84. The molecule has 0 saturated carbocycles. The van der Waals surface area contributed by atoms with E-state index in [2.05, 4.69) is 10.5 Å². The first-order valence-electron chi connectivity index (χ1n) is 3.85. The van der Waals surface area contributed by atoms with Crippen molar-refractivity contribution in [3.8, 4) is 0 Å². The summed E-state index contributed by atoms with van der Waals surface area (Å²) in [7, 11) is 0. The molecular formula is C9H10N2O2. The smallest absolute Gasteiger partial charge is 0.221 e. The third-order valence-electron chi connectivity index (χ3n) is 1.63. The summed E-state index contributed by atoms with van der Waals surface area (Å²) in [5.74, 6) is -0.166. The van der Waals surface area contributed by atoms with Gasteiger partial charge in [0.05, 0.1) is 0 Å². The fraction of sp³-hybridized carbons (Fsp3) is 0.222. The van der Waals surface area contributed by atoms with Crippen molar-refractivity contribution >= 4 is 17.3 Å². The van der Waals surface area contributed by atoms with Gasteiger partial charge in [0, 0.05) is 12.6 Å². The Morgan fingerprint density at radius 1 is 1.46 bits per heavy atom. The molecule has 0 aliphatic heterocycles. The lowest BCUT2D eigenvalue weighted by Gasteiger charge is -2.03. The summed E-state index contributed by atoms with van der Waals surface area (Å²) >= 11 is 0. The van der Waals surface area contributed by atoms with Crippen molar-refractivity contribution in [3.63, 3.8) is 0 Å². The number of nitrogens with one attached hydrogen (secondary N) is 1. The quantitative estimate of drug-likeness (QED) is 0.706. The number of nitroso groups, excluding NO2 is 1.